The van der Waals surface area contributed by atoms with Crippen molar-refractivity contribution in [3.8, 4) is 0 Å². The van der Waals surface area contributed by atoms with Gasteiger partial charge in [-0.1, -0.05) is 18.1 Å². The van der Waals surface area contributed by atoms with Crippen molar-refractivity contribution < 1.29 is 0 Å². The molecule has 1 saturated heterocycles. The molecule has 2 N–H and O–H groups in total. The van der Waals surface area contributed by atoms with Crippen LogP contribution >= 0.6 is 0 Å². The fourth-order valence-electron chi connectivity index (χ4n) is 3.48. The zero-order chi connectivity index (χ0) is 19.0. The molecule has 0 bridgehead atoms. The number of nitrogens with two attached hydrogens (primary N) is 1. The van der Waals surface area contributed by atoms with Gasteiger partial charge in [0.25, 0.3) is 5.56 Å². The van der Waals surface area contributed by atoms with Crippen LogP contribution in [0.2, 0.25) is 0 Å². The Morgan fingerprint density at radius 2 is 1.96 bits per heavy atom. The zero-order valence-electron chi connectivity index (χ0n) is 16.0. The van der Waals surface area contributed by atoms with E-state index in [-0.39, 0.29) is 17.3 Å². The molecule has 0 saturated carbocycles. The number of imidazole rings is 1. The Morgan fingerprint density at radius 1 is 1.23 bits per heavy atom. The highest BCUT2D eigenvalue weighted by Crippen LogP contribution is 2.23. The summed E-state index contributed by atoms with van der Waals surface area (Å²) < 4.78 is 4.50. The standard InChI is InChI=1S/C18H28N6O2/c1-12(2)8-10-24-14-15(21(3)18(26)22(4)16(14)25)20-17(24)23-9-6-5-7-13(19)11-23/h8,13H,5-7,9-11,19H2,1-4H3. The molecule has 2 aromatic heterocycles. The van der Waals surface area contributed by atoms with Gasteiger partial charge in [-0.3, -0.25) is 13.9 Å². The Hall–Kier alpha value is -2.35. The van der Waals surface area contributed by atoms with Crippen LogP contribution in [0, 0.1) is 0 Å². The average molecular weight is 360 g/mol. The van der Waals surface area contributed by atoms with E-state index >= 15 is 0 Å². The maximum absolute atomic E-state index is 12.8. The van der Waals surface area contributed by atoms with Crippen molar-refractivity contribution in [1.82, 2.24) is 18.7 Å². The van der Waals surface area contributed by atoms with Gasteiger partial charge in [0.15, 0.2) is 11.2 Å². The van der Waals surface area contributed by atoms with Crippen LogP contribution < -0.4 is 21.9 Å². The molecule has 3 rings (SSSR count). The molecule has 8 nitrogen and oxygen atoms in total. The lowest BCUT2D eigenvalue weighted by molar-refractivity contribution is 0.615. The molecule has 1 unspecified atom stereocenters. The summed E-state index contributed by atoms with van der Waals surface area (Å²) in [6, 6.07) is 0.0841. The largest absolute Gasteiger partial charge is 0.341 e. The molecule has 8 heteroatoms. The summed E-state index contributed by atoms with van der Waals surface area (Å²) in [5.74, 6) is 0.716. The molecule has 2 aromatic rings. The first-order valence-electron chi connectivity index (χ1n) is 9.11. The van der Waals surface area contributed by atoms with Gasteiger partial charge in [0, 0.05) is 39.8 Å². The van der Waals surface area contributed by atoms with Crippen LogP contribution in [0.15, 0.2) is 21.2 Å². The highest BCUT2D eigenvalue weighted by atomic mass is 16.2. The first kappa shape index (κ1) is 18.4. The molecule has 1 aliphatic rings. The van der Waals surface area contributed by atoms with Gasteiger partial charge < -0.3 is 15.2 Å². The highest BCUT2D eigenvalue weighted by molar-refractivity contribution is 5.74. The number of hydrogen-bond donors (Lipinski definition) is 1. The molecular formula is C18H28N6O2. The van der Waals surface area contributed by atoms with Crippen LogP contribution in [0.1, 0.15) is 33.1 Å². The summed E-state index contributed by atoms with van der Waals surface area (Å²) in [4.78, 5) is 32.0. The second kappa shape index (κ2) is 7.11. The molecule has 1 aliphatic heterocycles. The van der Waals surface area contributed by atoms with Crippen molar-refractivity contribution in [3.63, 3.8) is 0 Å². The summed E-state index contributed by atoms with van der Waals surface area (Å²) >= 11 is 0. The van der Waals surface area contributed by atoms with E-state index in [1.54, 1.807) is 7.05 Å². The molecule has 3 heterocycles. The Labute approximate surface area is 152 Å². The molecule has 0 spiro atoms. The quantitative estimate of drug-likeness (QED) is 0.815. The fraction of sp³-hybridized carbons (Fsp3) is 0.611. The third-order valence-electron chi connectivity index (χ3n) is 5.00. The average Bonchev–Trinajstić information content (AvgIpc) is 2.84. The Morgan fingerprint density at radius 3 is 2.65 bits per heavy atom. The lowest BCUT2D eigenvalue weighted by Crippen LogP contribution is -2.38. The minimum absolute atomic E-state index is 0.0841. The number of anilines is 1. The number of rotatable bonds is 3. The lowest BCUT2D eigenvalue weighted by Gasteiger charge is -2.24. The number of aryl methyl sites for hydroxylation is 1. The van der Waals surface area contributed by atoms with Crippen molar-refractivity contribution >= 4 is 17.1 Å². The van der Waals surface area contributed by atoms with Crippen molar-refractivity contribution in [2.45, 2.75) is 45.7 Å². The summed E-state index contributed by atoms with van der Waals surface area (Å²) in [7, 11) is 3.16. The van der Waals surface area contributed by atoms with E-state index in [1.807, 2.05) is 18.4 Å². The molecule has 1 atom stereocenters. The van der Waals surface area contributed by atoms with Crippen molar-refractivity contribution in [2.24, 2.45) is 19.8 Å². The minimum Gasteiger partial charge on any atom is -0.341 e. The van der Waals surface area contributed by atoms with Gasteiger partial charge in [0.1, 0.15) is 0 Å². The highest BCUT2D eigenvalue weighted by Gasteiger charge is 2.24. The second-order valence-electron chi connectivity index (χ2n) is 7.38. The van der Waals surface area contributed by atoms with E-state index < -0.39 is 0 Å². The topological polar surface area (TPSA) is 91.1 Å². The van der Waals surface area contributed by atoms with Gasteiger partial charge >= 0.3 is 5.69 Å². The second-order valence-corrected chi connectivity index (χ2v) is 7.38. The van der Waals surface area contributed by atoms with E-state index in [1.165, 1.54) is 11.6 Å². The van der Waals surface area contributed by atoms with Crippen LogP contribution in [-0.2, 0) is 20.6 Å². The maximum atomic E-state index is 12.8. The number of allylic oxidation sites excluding steroid dienone is 2. The maximum Gasteiger partial charge on any atom is 0.332 e. The van der Waals surface area contributed by atoms with Crippen molar-refractivity contribution in [2.75, 3.05) is 18.0 Å². The Bertz CT molecular complexity index is 961. The number of aromatic nitrogens is 4. The normalized spacial score (nSPS) is 18.2. The van der Waals surface area contributed by atoms with Gasteiger partial charge in [-0.25, -0.2) is 4.79 Å². The van der Waals surface area contributed by atoms with E-state index in [0.29, 0.717) is 30.2 Å². The number of nitrogens with zero attached hydrogens (tertiary/aromatic N) is 5. The Balaban J connectivity index is 2.27. The molecule has 0 amide bonds. The van der Waals surface area contributed by atoms with E-state index in [0.717, 1.165) is 35.9 Å². The predicted octanol–water partition coefficient (Wildman–Crippen LogP) is 0.718. The van der Waals surface area contributed by atoms with Crippen LogP contribution in [0.3, 0.4) is 0 Å². The van der Waals surface area contributed by atoms with Gasteiger partial charge in [-0.15, -0.1) is 0 Å². The van der Waals surface area contributed by atoms with Gasteiger partial charge in [-0.2, -0.15) is 4.98 Å². The molecule has 0 aromatic carbocycles. The lowest BCUT2D eigenvalue weighted by atomic mass is 10.2. The zero-order valence-corrected chi connectivity index (χ0v) is 16.0. The van der Waals surface area contributed by atoms with E-state index in [2.05, 4.69) is 11.0 Å². The first-order valence-corrected chi connectivity index (χ1v) is 9.11. The van der Waals surface area contributed by atoms with Crippen molar-refractivity contribution in [1.29, 1.82) is 0 Å². The molecular weight excluding hydrogens is 332 g/mol. The van der Waals surface area contributed by atoms with Gasteiger partial charge in [0.2, 0.25) is 5.95 Å². The number of hydrogen-bond acceptors (Lipinski definition) is 5. The number of fused-ring (bicyclic) bond motifs is 1. The summed E-state index contributed by atoms with van der Waals surface area (Å²) in [6.45, 7) is 6.13. The smallest absolute Gasteiger partial charge is 0.332 e. The van der Waals surface area contributed by atoms with E-state index in [4.69, 9.17) is 10.7 Å². The first-order chi connectivity index (χ1) is 12.3. The van der Waals surface area contributed by atoms with Crippen LogP contribution in [0.4, 0.5) is 5.95 Å². The summed E-state index contributed by atoms with van der Waals surface area (Å²) in [6.07, 6.45) is 5.18. The molecule has 0 radical (unpaired) electrons. The minimum atomic E-state index is -0.367. The van der Waals surface area contributed by atoms with Crippen LogP contribution in [0.25, 0.3) is 11.2 Å². The summed E-state index contributed by atoms with van der Waals surface area (Å²) in [5, 5.41) is 0. The predicted molar refractivity (Wildman–Crippen MR) is 104 cm³/mol. The third kappa shape index (κ3) is 3.21. The van der Waals surface area contributed by atoms with Gasteiger partial charge in [-0.05, 0) is 26.7 Å². The Kier molecular flexibility index (Phi) is 5.04. The van der Waals surface area contributed by atoms with Crippen molar-refractivity contribution in [3.05, 3.63) is 32.5 Å². The molecule has 1 fully saturated rings. The SMILES string of the molecule is CC(C)=CCn1c(N2CCCCC(N)C2)nc2c1c(=O)n(C)c(=O)n2C. The summed E-state index contributed by atoms with van der Waals surface area (Å²) in [5.41, 5.74) is 7.58. The third-order valence-corrected chi connectivity index (χ3v) is 5.00. The molecule has 142 valence electrons. The molecule has 0 aliphatic carbocycles. The molecule has 26 heavy (non-hydrogen) atoms. The van der Waals surface area contributed by atoms with Gasteiger partial charge in [0.05, 0.1) is 0 Å². The van der Waals surface area contributed by atoms with Crippen LogP contribution in [0.5, 0.6) is 0 Å². The fourth-order valence-corrected chi connectivity index (χ4v) is 3.48. The van der Waals surface area contributed by atoms with Crippen LogP contribution in [-0.4, -0.2) is 37.8 Å². The van der Waals surface area contributed by atoms with E-state index in [9.17, 15) is 9.59 Å². The monoisotopic (exact) mass is 360 g/mol.